The van der Waals surface area contributed by atoms with Crippen molar-refractivity contribution in [3.05, 3.63) is 75.4 Å². The Labute approximate surface area is 169 Å². The number of nitrogens with zero attached hydrogens (tertiary/aromatic N) is 1. The molecular weight excluding hydrogens is 401 g/mol. The Morgan fingerprint density at radius 3 is 2.57 bits per heavy atom. The summed E-state index contributed by atoms with van der Waals surface area (Å²) in [7, 11) is 0. The van der Waals surface area contributed by atoms with Crippen LogP contribution in [0.3, 0.4) is 0 Å². The Bertz CT molecular complexity index is 1060. The minimum atomic E-state index is -1.10. The maximum Gasteiger partial charge on any atom is 0.339 e. The number of anilines is 1. The van der Waals surface area contributed by atoms with Gasteiger partial charge in [-0.1, -0.05) is 29.8 Å². The molecule has 0 radical (unpaired) electrons. The smallest absolute Gasteiger partial charge is 0.339 e. The third-order valence-corrected chi connectivity index (χ3v) is 6.21. The molecule has 4 rings (SSSR count). The van der Waals surface area contributed by atoms with Gasteiger partial charge in [0.15, 0.2) is 0 Å². The predicted octanol–water partition coefficient (Wildman–Crippen LogP) is 5.04. The van der Waals surface area contributed by atoms with Crippen LogP contribution < -0.4 is 4.90 Å². The summed E-state index contributed by atoms with van der Waals surface area (Å²) >= 11 is 7.14. The second kappa shape index (κ2) is 7.37. The molecule has 1 aliphatic rings. The predicted molar refractivity (Wildman–Crippen MR) is 108 cm³/mol. The van der Waals surface area contributed by atoms with Gasteiger partial charge in [0.05, 0.1) is 0 Å². The third-order valence-electron chi connectivity index (χ3n) is 4.96. The normalized spacial score (nSPS) is 15.3. The van der Waals surface area contributed by atoms with Gasteiger partial charge in [0.1, 0.15) is 16.4 Å². The second-order valence-corrected chi connectivity index (χ2v) is 7.92. The standard InChI is InChI=1S/C21H15ClFNO3S/c22-15-4-1-12(2-5-15)18-10-28-20(19(18)21(26)27)24(11-25)17-8-13-3-6-16(23)7-14(13)9-17/h1-7,10-11,17H,8-9H2,(H,26,27). The van der Waals surface area contributed by atoms with Gasteiger partial charge in [0.2, 0.25) is 6.41 Å². The number of fused-ring (bicyclic) bond motifs is 1. The molecule has 1 aliphatic carbocycles. The van der Waals surface area contributed by atoms with Crippen LogP contribution in [0.2, 0.25) is 5.02 Å². The number of rotatable bonds is 5. The van der Waals surface area contributed by atoms with E-state index in [1.54, 1.807) is 35.7 Å². The van der Waals surface area contributed by atoms with Crippen molar-refractivity contribution >= 4 is 40.3 Å². The van der Waals surface area contributed by atoms with Crippen molar-refractivity contribution in [3.63, 3.8) is 0 Å². The lowest BCUT2D eigenvalue weighted by Gasteiger charge is -2.24. The number of carbonyl (C=O) groups is 2. The zero-order valence-electron chi connectivity index (χ0n) is 14.6. The number of carboxylic acid groups (broad SMARTS) is 1. The zero-order chi connectivity index (χ0) is 19.8. The average molecular weight is 416 g/mol. The highest BCUT2D eigenvalue weighted by Crippen LogP contribution is 2.40. The van der Waals surface area contributed by atoms with Crippen LogP contribution in [-0.4, -0.2) is 23.5 Å². The van der Waals surface area contributed by atoms with Crippen molar-refractivity contribution in [2.45, 2.75) is 18.9 Å². The number of amides is 1. The monoisotopic (exact) mass is 415 g/mol. The Morgan fingerprint density at radius 1 is 1.18 bits per heavy atom. The first-order chi connectivity index (χ1) is 13.5. The van der Waals surface area contributed by atoms with Crippen molar-refractivity contribution in [2.75, 3.05) is 4.90 Å². The van der Waals surface area contributed by atoms with Gasteiger partial charge in [-0.3, -0.25) is 4.79 Å². The van der Waals surface area contributed by atoms with Gasteiger partial charge in [-0.05, 0) is 53.8 Å². The fourth-order valence-electron chi connectivity index (χ4n) is 3.65. The maximum atomic E-state index is 13.5. The molecule has 7 heteroatoms. The van der Waals surface area contributed by atoms with Crippen LogP contribution in [0, 0.1) is 5.82 Å². The molecule has 1 unspecified atom stereocenters. The van der Waals surface area contributed by atoms with Crippen LogP contribution in [0.15, 0.2) is 47.8 Å². The van der Waals surface area contributed by atoms with Gasteiger partial charge in [-0.25, -0.2) is 9.18 Å². The molecule has 2 aromatic carbocycles. The molecule has 1 atom stereocenters. The Kier molecular flexibility index (Phi) is 4.91. The minimum Gasteiger partial charge on any atom is -0.478 e. The number of carbonyl (C=O) groups excluding carboxylic acids is 1. The van der Waals surface area contributed by atoms with Gasteiger partial charge in [-0.2, -0.15) is 0 Å². The summed E-state index contributed by atoms with van der Waals surface area (Å²) in [5.41, 5.74) is 3.17. The molecule has 1 aromatic heterocycles. The van der Waals surface area contributed by atoms with E-state index in [1.807, 2.05) is 0 Å². The van der Waals surface area contributed by atoms with Crippen molar-refractivity contribution in [1.82, 2.24) is 0 Å². The molecule has 1 amide bonds. The van der Waals surface area contributed by atoms with E-state index < -0.39 is 5.97 Å². The van der Waals surface area contributed by atoms with Crippen LogP contribution in [0.5, 0.6) is 0 Å². The lowest BCUT2D eigenvalue weighted by atomic mass is 10.0. The molecule has 1 heterocycles. The summed E-state index contributed by atoms with van der Waals surface area (Å²) in [5.74, 6) is -1.42. The van der Waals surface area contributed by atoms with E-state index in [-0.39, 0.29) is 17.4 Å². The van der Waals surface area contributed by atoms with Crippen LogP contribution in [0.1, 0.15) is 21.5 Å². The first-order valence-corrected chi connectivity index (χ1v) is 9.85. The molecule has 0 saturated heterocycles. The molecule has 3 aromatic rings. The molecule has 4 nitrogen and oxygen atoms in total. The van der Waals surface area contributed by atoms with Gasteiger partial charge in [-0.15, -0.1) is 11.3 Å². The largest absolute Gasteiger partial charge is 0.478 e. The lowest BCUT2D eigenvalue weighted by molar-refractivity contribution is -0.107. The highest BCUT2D eigenvalue weighted by molar-refractivity contribution is 7.15. The van der Waals surface area contributed by atoms with Gasteiger partial charge in [0.25, 0.3) is 0 Å². The highest BCUT2D eigenvalue weighted by atomic mass is 35.5. The first kappa shape index (κ1) is 18.7. The number of benzene rings is 2. The molecule has 28 heavy (non-hydrogen) atoms. The lowest BCUT2D eigenvalue weighted by Crippen LogP contribution is -2.35. The van der Waals surface area contributed by atoms with E-state index in [2.05, 4.69) is 0 Å². The molecule has 0 spiro atoms. The van der Waals surface area contributed by atoms with Gasteiger partial charge < -0.3 is 10.0 Å². The SMILES string of the molecule is O=CN(c1scc(-c2ccc(Cl)cc2)c1C(=O)O)C1Cc2ccc(F)cc2C1. The minimum absolute atomic E-state index is 0.0848. The fourth-order valence-corrected chi connectivity index (χ4v) is 4.88. The van der Waals surface area contributed by atoms with E-state index >= 15 is 0 Å². The molecule has 0 aliphatic heterocycles. The van der Waals surface area contributed by atoms with Crippen LogP contribution in [-0.2, 0) is 17.6 Å². The Hall–Kier alpha value is -2.70. The summed E-state index contributed by atoms with van der Waals surface area (Å²) in [6.45, 7) is 0. The molecular formula is C21H15ClFNO3S. The topological polar surface area (TPSA) is 57.6 Å². The van der Waals surface area contributed by atoms with Crippen LogP contribution in [0.25, 0.3) is 11.1 Å². The van der Waals surface area contributed by atoms with Crippen molar-refractivity contribution in [1.29, 1.82) is 0 Å². The number of thiophene rings is 1. The number of aromatic carboxylic acids is 1. The molecule has 142 valence electrons. The Morgan fingerprint density at radius 2 is 1.89 bits per heavy atom. The van der Waals surface area contributed by atoms with E-state index in [1.165, 1.54) is 28.4 Å². The van der Waals surface area contributed by atoms with Crippen LogP contribution >= 0.6 is 22.9 Å². The number of carboxylic acids is 1. The molecule has 0 fully saturated rings. The molecule has 1 N–H and O–H groups in total. The van der Waals surface area contributed by atoms with Crippen molar-refractivity contribution in [2.24, 2.45) is 0 Å². The Balaban J connectivity index is 1.72. The van der Waals surface area contributed by atoms with Gasteiger partial charge >= 0.3 is 5.97 Å². The highest BCUT2D eigenvalue weighted by Gasteiger charge is 2.32. The summed E-state index contributed by atoms with van der Waals surface area (Å²) in [4.78, 5) is 25.4. The zero-order valence-corrected chi connectivity index (χ0v) is 16.1. The maximum absolute atomic E-state index is 13.5. The summed E-state index contributed by atoms with van der Waals surface area (Å²) in [5, 5.41) is 12.5. The quantitative estimate of drug-likeness (QED) is 0.594. The van der Waals surface area contributed by atoms with E-state index in [4.69, 9.17) is 11.6 Å². The summed E-state index contributed by atoms with van der Waals surface area (Å²) < 4.78 is 13.5. The molecule has 0 bridgehead atoms. The van der Waals surface area contributed by atoms with Crippen molar-refractivity contribution in [3.8, 4) is 11.1 Å². The number of hydrogen-bond acceptors (Lipinski definition) is 3. The second-order valence-electron chi connectivity index (χ2n) is 6.63. The van der Waals surface area contributed by atoms with Crippen molar-refractivity contribution < 1.29 is 19.1 Å². The summed E-state index contributed by atoms with van der Waals surface area (Å²) in [6, 6.07) is 11.2. The van der Waals surface area contributed by atoms with E-state index in [0.29, 0.717) is 40.4 Å². The van der Waals surface area contributed by atoms with Crippen LogP contribution in [0.4, 0.5) is 9.39 Å². The van der Waals surface area contributed by atoms with E-state index in [0.717, 1.165) is 11.1 Å². The fraction of sp³-hybridized carbons (Fsp3) is 0.143. The van der Waals surface area contributed by atoms with Gasteiger partial charge in [0, 0.05) is 22.0 Å². The average Bonchev–Trinajstić information content (AvgIpc) is 3.27. The third kappa shape index (κ3) is 3.30. The summed E-state index contributed by atoms with van der Waals surface area (Å²) in [6.07, 6.45) is 1.71. The number of halogens is 2. The van der Waals surface area contributed by atoms with E-state index in [9.17, 15) is 19.1 Å². The number of hydrogen-bond donors (Lipinski definition) is 1. The molecule has 0 saturated carbocycles. The first-order valence-electron chi connectivity index (χ1n) is 8.59.